The molecule has 0 aromatic rings. The predicted octanol–water partition coefficient (Wildman–Crippen LogP) is 6.51. The van der Waals surface area contributed by atoms with E-state index in [-0.39, 0.29) is 19.1 Å². The maximum atomic E-state index is 12.5. The Hall–Kier alpha value is -0.760. The van der Waals surface area contributed by atoms with Gasteiger partial charge in [-0.25, -0.2) is 4.57 Å². The van der Waals surface area contributed by atoms with E-state index in [1.54, 1.807) is 0 Å². The molecule has 3 N–H and O–H groups in total. The Bertz CT molecular complexity index is 653. The number of rotatable bonds is 26. The van der Waals surface area contributed by atoms with Gasteiger partial charge in [-0.15, -0.1) is 0 Å². The lowest BCUT2D eigenvalue weighted by Gasteiger charge is -2.26. The Morgan fingerprint density at radius 1 is 0.868 bits per heavy atom. The molecule has 0 fully saturated rings. The third-order valence-electron chi connectivity index (χ3n) is 6.51. The van der Waals surface area contributed by atoms with E-state index in [4.69, 9.17) is 9.05 Å². The minimum absolute atomic E-state index is 0.0721. The molecular formula is C29H60N2O6P+. The molecule has 3 unspecified atom stereocenters. The Balaban J connectivity index is 4.34. The van der Waals surface area contributed by atoms with Gasteiger partial charge in [-0.05, 0) is 38.5 Å². The molecule has 0 rings (SSSR count). The van der Waals surface area contributed by atoms with Crippen LogP contribution in [-0.4, -0.2) is 73.4 Å². The van der Waals surface area contributed by atoms with Gasteiger partial charge in [0.2, 0.25) is 5.91 Å². The molecule has 0 aromatic carbocycles. The number of aliphatic hydroxyl groups excluding tert-OH is 1. The number of hydrogen-bond donors (Lipinski definition) is 3. The Labute approximate surface area is 233 Å². The molecule has 226 valence electrons. The third-order valence-corrected chi connectivity index (χ3v) is 7.50. The highest BCUT2D eigenvalue weighted by atomic mass is 31.2. The summed E-state index contributed by atoms with van der Waals surface area (Å²) < 4.78 is 23.1. The molecule has 9 heteroatoms. The van der Waals surface area contributed by atoms with Crippen LogP contribution in [0, 0.1) is 0 Å². The minimum atomic E-state index is -4.28. The van der Waals surface area contributed by atoms with Gasteiger partial charge in [0.05, 0.1) is 39.9 Å². The summed E-state index contributed by atoms with van der Waals surface area (Å²) in [6.45, 7) is 4.66. The average Bonchev–Trinajstić information content (AvgIpc) is 2.83. The molecule has 0 saturated heterocycles. The van der Waals surface area contributed by atoms with Crippen LogP contribution in [0.1, 0.15) is 117 Å². The Morgan fingerprint density at radius 3 is 2.03 bits per heavy atom. The molecule has 0 saturated carbocycles. The predicted molar refractivity (Wildman–Crippen MR) is 157 cm³/mol. The van der Waals surface area contributed by atoms with Crippen molar-refractivity contribution in [3.63, 3.8) is 0 Å². The summed E-state index contributed by atoms with van der Waals surface area (Å²) in [6.07, 6.45) is 20.2. The topological polar surface area (TPSA) is 105 Å². The number of amides is 1. The number of hydrogen-bond acceptors (Lipinski definition) is 5. The zero-order chi connectivity index (χ0) is 28.7. The second-order valence-electron chi connectivity index (χ2n) is 11.5. The van der Waals surface area contributed by atoms with E-state index in [1.807, 2.05) is 21.1 Å². The first-order valence-electron chi connectivity index (χ1n) is 15.1. The number of carbonyl (C=O) groups is 1. The average molecular weight is 564 g/mol. The summed E-state index contributed by atoms with van der Waals surface area (Å²) in [5.74, 6) is -0.169. The summed E-state index contributed by atoms with van der Waals surface area (Å²) in [7, 11) is 1.60. The van der Waals surface area contributed by atoms with Crippen molar-refractivity contribution in [3.05, 3.63) is 12.2 Å². The third kappa shape index (κ3) is 24.3. The number of allylic oxidation sites excluding steroid dienone is 2. The number of phosphoric acid groups is 1. The molecule has 3 atom stereocenters. The normalized spacial score (nSPS) is 15.4. The monoisotopic (exact) mass is 563 g/mol. The van der Waals surface area contributed by atoms with Crippen LogP contribution in [0.5, 0.6) is 0 Å². The van der Waals surface area contributed by atoms with Crippen LogP contribution in [0.25, 0.3) is 0 Å². The van der Waals surface area contributed by atoms with Crippen molar-refractivity contribution < 1.29 is 32.9 Å². The van der Waals surface area contributed by atoms with Crippen molar-refractivity contribution in [3.8, 4) is 0 Å². The largest absolute Gasteiger partial charge is 0.472 e. The summed E-state index contributed by atoms with van der Waals surface area (Å²) in [6, 6.07) is -0.754. The number of phosphoric ester groups is 1. The molecule has 1 amide bonds. The number of aliphatic hydroxyl groups is 1. The lowest BCUT2D eigenvalue weighted by molar-refractivity contribution is -0.870. The highest BCUT2D eigenvalue weighted by Gasteiger charge is 2.28. The Morgan fingerprint density at radius 2 is 1.42 bits per heavy atom. The number of unbranched alkanes of at least 4 members (excludes halogenated alkanes) is 11. The van der Waals surface area contributed by atoms with Crippen LogP contribution in [0.3, 0.4) is 0 Å². The number of likely N-dealkylation sites (N-methyl/N-ethyl adjacent to an activating group) is 1. The molecule has 0 aromatic heterocycles. The van der Waals surface area contributed by atoms with Gasteiger partial charge in [-0.3, -0.25) is 13.8 Å². The van der Waals surface area contributed by atoms with Crippen molar-refractivity contribution in [2.45, 2.75) is 129 Å². The molecular weight excluding hydrogens is 503 g/mol. The van der Waals surface area contributed by atoms with E-state index in [9.17, 15) is 19.4 Å². The lowest BCUT2D eigenvalue weighted by atomic mass is 10.0. The molecule has 0 aliphatic rings. The Kier molecular flexibility index (Phi) is 22.5. The first-order valence-corrected chi connectivity index (χ1v) is 16.5. The van der Waals surface area contributed by atoms with Crippen molar-refractivity contribution in [2.75, 3.05) is 40.9 Å². The van der Waals surface area contributed by atoms with Crippen molar-refractivity contribution in [1.82, 2.24) is 5.32 Å². The van der Waals surface area contributed by atoms with Gasteiger partial charge in [-0.2, -0.15) is 0 Å². The van der Waals surface area contributed by atoms with Gasteiger partial charge in [0.15, 0.2) is 0 Å². The molecule has 0 aliphatic heterocycles. The van der Waals surface area contributed by atoms with Gasteiger partial charge >= 0.3 is 7.82 Å². The van der Waals surface area contributed by atoms with Crippen LogP contribution in [0.2, 0.25) is 0 Å². The number of nitrogens with zero attached hydrogens (tertiary/aromatic N) is 1. The molecule has 0 bridgehead atoms. The molecule has 8 nitrogen and oxygen atoms in total. The van der Waals surface area contributed by atoms with E-state index < -0.39 is 20.0 Å². The van der Waals surface area contributed by atoms with E-state index >= 15 is 0 Å². The standard InChI is InChI=1S/C29H59N2O6P/c1-6-8-10-11-12-13-14-15-16-17-18-19-21-23-29(33)30-27(28(32)22-20-9-7-2)26-37-38(34,35)36-25-24-31(3,4)5/h13-14,27-28,32H,6-12,15-26H2,1-5H3,(H-,30,33,34,35)/p+1/b14-13-. The molecule has 0 aliphatic carbocycles. The minimum Gasteiger partial charge on any atom is -0.391 e. The van der Waals surface area contributed by atoms with E-state index in [1.165, 1.54) is 38.5 Å². The van der Waals surface area contributed by atoms with Gasteiger partial charge in [0.1, 0.15) is 13.2 Å². The summed E-state index contributed by atoms with van der Waals surface area (Å²) >= 11 is 0. The summed E-state index contributed by atoms with van der Waals surface area (Å²) in [4.78, 5) is 22.6. The van der Waals surface area contributed by atoms with Crippen LogP contribution in [0.15, 0.2) is 12.2 Å². The SMILES string of the molecule is CCCCCC/C=C\CCCCCCCC(=O)NC(COP(=O)(O)OCC[N+](C)(C)C)C(O)CCCCC. The van der Waals surface area contributed by atoms with Crippen molar-refractivity contribution in [1.29, 1.82) is 0 Å². The maximum absolute atomic E-state index is 12.5. The van der Waals surface area contributed by atoms with Crippen LogP contribution in [0.4, 0.5) is 0 Å². The number of nitrogens with one attached hydrogen (secondary N) is 1. The quantitative estimate of drug-likeness (QED) is 0.0480. The summed E-state index contributed by atoms with van der Waals surface area (Å²) in [5.41, 5.74) is 0. The number of quaternary nitrogens is 1. The van der Waals surface area contributed by atoms with E-state index in [2.05, 4.69) is 31.3 Å². The van der Waals surface area contributed by atoms with Gasteiger partial charge in [0, 0.05) is 6.42 Å². The molecule has 0 heterocycles. The molecule has 38 heavy (non-hydrogen) atoms. The van der Waals surface area contributed by atoms with Crippen LogP contribution in [-0.2, 0) is 18.4 Å². The zero-order valence-corrected chi connectivity index (χ0v) is 26.1. The highest BCUT2D eigenvalue weighted by molar-refractivity contribution is 7.47. The first kappa shape index (κ1) is 37.2. The zero-order valence-electron chi connectivity index (χ0n) is 25.2. The fourth-order valence-electron chi connectivity index (χ4n) is 3.98. The smallest absolute Gasteiger partial charge is 0.391 e. The fourth-order valence-corrected chi connectivity index (χ4v) is 4.71. The highest BCUT2D eigenvalue weighted by Crippen LogP contribution is 2.43. The van der Waals surface area contributed by atoms with E-state index in [0.717, 1.165) is 51.4 Å². The van der Waals surface area contributed by atoms with Crippen molar-refractivity contribution in [2.24, 2.45) is 0 Å². The van der Waals surface area contributed by atoms with Crippen molar-refractivity contribution >= 4 is 13.7 Å². The maximum Gasteiger partial charge on any atom is 0.472 e. The van der Waals surface area contributed by atoms with E-state index in [0.29, 0.717) is 23.9 Å². The summed E-state index contributed by atoms with van der Waals surface area (Å²) in [5, 5.41) is 13.5. The molecule has 0 radical (unpaired) electrons. The number of carbonyl (C=O) groups excluding carboxylic acids is 1. The van der Waals surface area contributed by atoms with Crippen LogP contribution >= 0.6 is 7.82 Å². The van der Waals surface area contributed by atoms with Gasteiger partial charge in [-0.1, -0.05) is 83.8 Å². The lowest BCUT2D eigenvalue weighted by Crippen LogP contribution is -2.46. The van der Waals surface area contributed by atoms with Crippen LogP contribution < -0.4 is 5.32 Å². The fraction of sp³-hybridized carbons (Fsp3) is 0.897. The second kappa shape index (κ2) is 23.0. The second-order valence-corrected chi connectivity index (χ2v) is 12.9. The molecule has 0 spiro atoms. The van der Waals surface area contributed by atoms with Gasteiger partial charge in [0.25, 0.3) is 0 Å². The van der Waals surface area contributed by atoms with Gasteiger partial charge < -0.3 is 19.8 Å². The first-order chi connectivity index (χ1) is 18.0.